The minimum absolute atomic E-state index is 0.318. The third-order valence-corrected chi connectivity index (χ3v) is 2.01. The highest BCUT2D eigenvalue weighted by atomic mass is 16.4. The van der Waals surface area contributed by atoms with Gasteiger partial charge in [0.05, 0.1) is 0 Å². The van der Waals surface area contributed by atoms with Crippen molar-refractivity contribution in [3.8, 4) is 0 Å². The van der Waals surface area contributed by atoms with Gasteiger partial charge in [0.25, 0.3) is 0 Å². The summed E-state index contributed by atoms with van der Waals surface area (Å²) >= 11 is 0. The molecule has 1 rings (SSSR count). The Labute approximate surface area is 82.9 Å². The Bertz CT molecular complexity index is 308. The van der Waals surface area contributed by atoms with Gasteiger partial charge in [-0.15, -0.1) is 0 Å². The van der Waals surface area contributed by atoms with E-state index < -0.39 is 6.09 Å². The summed E-state index contributed by atoms with van der Waals surface area (Å²) in [5, 5.41) is 9.30. The molecule has 0 saturated heterocycles. The lowest BCUT2D eigenvalue weighted by Gasteiger charge is -2.11. The highest BCUT2D eigenvalue weighted by molar-refractivity contribution is 5.63. The van der Waals surface area contributed by atoms with Gasteiger partial charge < -0.3 is 5.11 Å². The molecule has 0 atom stereocenters. The lowest BCUT2D eigenvalue weighted by molar-refractivity contribution is 0.146. The quantitative estimate of drug-likeness (QED) is 0.434. The van der Waals surface area contributed by atoms with Gasteiger partial charge in [0.15, 0.2) is 0 Å². The number of hydrazine groups is 1. The Balaban J connectivity index is 2.46. The summed E-state index contributed by atoms with van der Waals surface area (Å²) in [4.78, 5) is 10.4. The average Bonchev–Trinajstić information content (AvgIpc) is 2.16. The lowest BCUT2D eigenvalue weighted by atomic mass is 10.1. The van der Waals surface area contributed by atoms with Crippen LogP contribution in [0.5, 0.6) is 0 Å². The van der Waals surface area contributed by atoms with Crippen LogP contribution in [0.25, 0.3) is 0 Å². The molecule has 0 heterocycles. The van der Waals surface area contributed by atoms with Crippen LogP contribution in [0.1, 0.15) is 11.1 Å². The number of benzene rings is 1. The second-order valence-electron chi connectivity index (χ2n) is 3.21. The van der Waals surface area contributed by atoms with E-state index in [9.17, 15) is 4.79 Å². The molecule has 0 aliphatic carbocycles. The van der Waals surface area contributed by atoms with Gasteiger partial charge in [0.1, 0.15) is 0 Å². The SMILES string of the molecule is Cc1ccc(CCN(N)C(=O)O)cc1. The number of hydrogen-bond donors (Lipinski definition) is 2. The van der Waals surface area contributed by atoms with E-state index in [1.54, 1.807) is 0 Å². The normalized spacial score (nSPS) is 9.86. The van der Waals surface area contributed by atoms with Crippen LogP contribution in [0.3, 0.4) is 0 Å². The molecule has 0 unspecified atom stereocenters. The van der Waals surface area contributed by atoms with Gasteiger partial charge in [0.2, 0.25) is 0 Å². The zero-order chi connectivity index (χ0) is 10.6. The van der Waals surface area contributed by atoms with Crippen LogP contribution in [-0.4, -0.2) is 22.8 Å². The first-order chi connectivity index (χ1) is 6.59. The second kappa shape index (κ2) is 4.62. The number of aryl methyl sites for hydroxylation is 1. The third kappa shape index (κ3) is 3.06. The molecule has 0 aromatic heterocycles. The average molecular weight is 194 g/mol. The summed E-state index contributed by atoms with van der Waals surface area (Å²) in [5.74, 6) is 5.23. The fourth-order valence-corrected chi connectivity index (χ4v) is 1.10. The zero-order valence-electron chi connectivity index (χ0n) is 8.10. The van der Waals surface area contributed by atoms with Gasteiger partial charge in [0, 0.05) is 6.54 Å². The first-order valence-electron chi connectivity index (χ1n) is 4.40. The number of rotatable bonds is 3. The summed E-state index contributed by atoms with van der Waals surface area (Å²) in [7, 11) is 0. The Morgan fingerprint density at radius 3 is 2.50 bits per heavy atom. The number of amides is 1. The molecule has 0 bridgehead atoms. The smallest absolute Gasteiger partial charge is 0.421 e. The van der Waals surface area contributed by atoms with Crippen molar-refractivity contribution in [1.82, 2.24) is 5.01 Å². The lowest BCUT2D eigenvalue weighted by Crippen LogP contribution is -2.37. The zero-order valence-corrected chi connectivity index (χ0v) is 8.10. The van der Waals surface area contributed by atoms with Crippen LogP contribution in [0.4, 0.5) is 4.79 Å². The minimum Gasteiger partial charge on any atom is -0.464 e. The molecule has 76 valence electrons. The molecule has 0 fully saturated rings. The van der Waals surface area contributed by atoms with Crippen molar-refractivity contribution in [3.63, 3.8) is 0 Å². The molecule has 0 spiro atoms. The Hall–Kier alpha value is -1.55. The van der Waals surface area contributed by atoms with E-state index in [0.717, 1.165) is 10.6 Å². The van der Waals surface area contributed by atoms with Crippen LogP contribution < -0.4 is 5.84 Å². The molecular weight excluding hydrogens is 180 g/mol. The van der Waals surface area contributed by atoms with Crippen LogP contribution in [0.2, 0.25) is 0 Å². The van der Waals surface area contributed by atoms with E-state index in [0.29, 0.717) is 13.0 Å². The predicted molar refractivity (Wildman–Crippen MR) is 53.8 cm³/mol. The largest absolute Gasteiger partial charge is 0.464 e. The van der Waals surface area contributed by atoms with Crippen molar-refractivity contribution < 1.29 is 9.90 Å². The highest BCUT2D eigenvalue weighted by Gasteiger charge is 2.05. The standard InChI is InChI=1S/C10H14N2O2/c1-8-2-4-9(5-3-8)6-7-12(11)10(13)14/h2-5H,6-7,11H2,1H3,(H,13,14). The maximum Gasteiger partial charge on any atom is 0.421 e. The molecule has 3 N–H and O–H groups in total. The van der Waals surface area contributed by atoms with Crippen LogP contribution in [0, 0.1) is 6.92 Å². The number of carbonyl (C=O) groups is 1. The van der Waals surface area contributed by atoms with Gasteiger partial charge in [-0.25, -0.2) is 15.6 Å². The maximum absolute atomic E-state index is 10.4. The van der Waals surface area contributed by atoms with Crippen LogP contribution in [0.15, 0.2) is 24.3 Å². The molecule has 1 aromatic carbocycles. The van der Waals surface area contributed by atoms with Crippen molar-refractivity contribution in [2.45, 2.75) is 13.3 Å². The predicted octanol–water partition coefficient (Wildman–Crippen LogP) is 1.39. The van der Waals surface area contributed by atoms with Gasteiger partial charge in [-0.3, -0.25) is 0 Å². The molecule has 0 saturated carbocycles. The molecule has 4 nitrogen and oxygen atoms in total. The molecule has 0 aliphatic heterocycles. The summed E-state index contributed by atoms with van der Waals surface area (Å²) < 4.78 is 0. The molecular formula is C10H14N2O2. The van der Waals surface area contributed by atoms with Crippen LogP contribution >= 0.6 is 0 Å². The number of carboxylic acid groups (broad SMARTS) is 1. The van der Waals surface area contributed by atoms with E-state index in [-0.39, 0.29) is 0 Å². The number of hydrogen-bond acceptors (Lipinski definition) is 2. The van der Waals surface area contributed by atoms with Gasteiger partial charge in [-0.2, -0.15) is 0 Å². The van der Waals surface area contributed by atoms with E-state index in [2.05, 4.69) is 0 Å². The van der Waals surface area contributed by atoms with Gasteiger partial charge in [-0.1, -0.05) is 29.8 Å². The molecule has 1 aromatic rings. The van der Waals surface area contributed by atoms with E-state index in [4.69, 9.17) is 10.9 Å². The van der Waals surface area contributed by atoms with Crippen LogP contribution in [-0.2, 0) is 6.42 Å². The van der Waals surface area contributed by atoms with E-state index in [1.807, 2.05) is 31.2 Å². The fraction of sp³-hybridized carbons (Fsp3) is 0.300. The van der Waals surface area contributed by atoms with Crippen molar-refractivity contribution in [2.24, 2.45) is 5.84 Å². The first-order valence-corrected chi connectivity index (χ1v) is 4.40. The van der Waals surface area contributed by atoms with E-state index in [1.165, 1.54) is 5.56 Å². The molecule has 1 amide bonds. The van der Waals surface area contributed by atoms with Gasteiger partial charge in [-0.05, 0) is 18.9 Å². The number of nitrogens with zero attached hydrogens (tertiary/aromatic N) is 1. The minimum atomic E-state index is -1.10. The molecule has 0 radical (unpaired) electrons. The molecule has 14 heavy (non-hydrogen) atoms. The highest BCUT2D eigenvalue weighted by Crippen LogP contribution is 2.03. The van der Waals surface area contributed by atoms with Crippen molar-refractivity contribution in [1.29, 1.82) is 0 Å². The summed E-state index contributed by atoms with van der Waals surface area (Å²) in [6.07, 6.45) is -0.458. The Morgan fingerprint density at radius 2 is 2.00 bits per heavy atom. The van der Waals surface area contributed by atoms with Gasteiger partial charge >= 0.3 is 6.09 Å². The monoisotopic (exact) mass is 194 g/mol. The maximum atomic E-state index is 10.4. The topological polar surface area (TPSA) is 66.6 Å². The van der Waals surface area contributed by atoms with E-state index >= 15 is 0 Å². The summed E-state index contributed by atoms with van der Waals surface area (Å²) in [6, 6.07) is 7.95. The second-order valence-corrected chi connectivity index (χ2v) is 3.21. The first kappa shape index (κ1) is 10.5. The molecule has 4 heteroatoms. The molecule has 0 aliphatic rings. The third-order valence-electron chi connectivity index (χ3n) is 2.01. The van der Waals surface area contributed by atoms with Crippen molar-refractivity contribution in [2.75, 3.05) is 6.54 Å². The summed E-state index contributed by atoms with van der Waals surface area (Å²) in [5.41, 5.74) is 2.28. The Morgan fingerprint density at radius 1 is 1.43 bits per heavy atom. The fourth-order valence-electron chi connectivity index (χ4n) is 1.10. The summed E-state index contributed by atoms with van der Waals surface area (Å²) in [6.45, 7) is 2.33. The van der Waals surface area contributed by atoms with Crippen molar-refractivity contribution >= 4 is 6.09 Å². The Kier molecular flexibility index (Phi) is 3.48. The number of nitrogens with two attached hydrogens (primary N) is 1. The van der Waals surface area contributed by atoms with Crippen molar-refractivity contribution in [3.05, 3.63) is 35.4 Å².